The fourth-order valence-corrected chi connectivity index (χ4v) is 3.67. The van der Waals surface area contributed by atoms with Crippen molar-refractivity contribution in [1.29, 1.82) is 0 Å². The van der Waals surface area contributed by atoms with Gasteiger partial charge in [-0.25, -0.2) is 8.42 Å². The van der Waals surface area contributed by atoms with E-state index in [1.165, 1.54) is 16.8 Å². The summed E-state index contributed by atoms with van der Waals surface area (Å²) in [4.78, 5) is 11.3. The van der Waals surface area contributed by atoms with Crippen molar-refractivity contribution in [1.82, 2.24) is 4.57 Å². The molecule has 1 amide bonds. The Kier molecular flexibility index (Phi) is 3.64. The van der Waals surface area contributed by atoms with Crippen LogP contribution in [0.4, 0.5) is 5.69 Å². The minimum Gasteiger partial charge on any atom is -0.461 e. The number of aryl methyl sites for hydroxylation is 3. The number of primary amides is 1. The average Bonchev–Trinajstić information content (AvgIpc) is 3.02. The van der Waals surface area contributed by atoms with E-state index in [-0.39, 0.29) is 10.6 Å². The number of nitrogens with zero attached hydrogens (tertiary/aromatic N) is 1. The van der Waals surface area contributed by atoms with Gasteiger partial charge in [0.15, 0.2) is 0 Å². The molecule has 1 aromatic carbocycles. The summed E-state index contributed by atoms with van der Waals surface area (Å²) < 4.78 is 34.5. The van der Waals surface area contributed by atoms with E-state index in [0.29, 0.717) is 11.3 Å². The van der Waals surface area contributed by atoms with E-state index in [1.807, 2.05) is 13.8 Å². The van der Waals surface area contributed by atoms with Gasteiger partial charge in [-0.2, -0.15) is 0 Å². The first-order chi connectivity index (χ1) is 11.2. The van der Waals surface area contributed by atoms with Crippen LogP contribution < -0.4 is 10.5 Å². The zero-order chi connectivity index (χ0) is 17.6. The number of sulfonamides is 1. The maximum Gasteiger partial charge on any atom is 0.265 e. The molecule has 3 rings (SSSR count). The highest BCUT2D eigenvalue weighted by molar-refractivity contribution is 7.92. The summed E-state index contributed by atoms with van der Waals surface area (Å²) in [5.41, 5.74) is 7.41. The van der Waals surface area contributed by atoms with E-state index in [1.54, 1.807) is 25.2 Å². The van der Waals surface area contributed by atoms with Crippen LogP contribution in [-0.2, 0) is 17.1 Å². The van der Waals surface area contributed by atoms with E-state index in [2.05, 4.69) is 4.72 Å². The van der Waals surface area contributed by atoms with Gasteiger partial charge in [-0.3, -0.25) is 9.52 Å². The zero-order valence-corrected chi connectivity index (χ0v) is 14.3. The van der Waals surface area contributed by atoms with E-state index in [4.69, 9.17) is 10.2 Å². The molecule has 24 heavy (non-hydrogen) atoms. The van der Waals surface area contributed by atoms with Crippen LogP contribution in [0.1, 0.15) is 21.8 Å². The standard InChI is InChI=1S/C16H17N3O4S/c1-9-10(2)23-15-5-4-11(6-13(9)15)18-24(21,22)12-7-14(16(17)20)19(3)8-12/h4-8,18H,1-3H3,(H2,17,20). The van der Waals surface area contributed by atoms with Gasteiger partial charge >= 0.3 is 0 Å². The lowest BCUT2D eigenvalue weighted by atomic mass is 10.1. The van der Waals surface area contributed by atoms with Gasteiger partial charge in [0.05, 0.1) is 0 Å². The second kappa shape index (κ2) is 5.41. The van der Waals surface area contributed by atoms with Gasteiger partial charge in [-0.1, -0.05) is 0 Å². The van der Waals surface area contributed by atoms with Gasteiger partial charge < -0.3 is 14.7 Å². The lowest BCUT2D eigenvalue weighted by Gasteiger charge is -2.06. The Bertz CT molecular complexity index is 1060. The Labute approximate surface area is 139 Å². The summed E-state index contributed by atoms with van der Waals surface area (Å²) in [6.45, 7) is 3.77. The first kappa shape index (κ1) is 16.1. The topological polar surface area (TPSA) is 107 Å². The van der Waals surface area contributed by atoms with Gasteiger partial charge in [-0.05, 0) is 43.7 Å². The quantitative estimate of drug-likeness (QED) is 0.755. The van der Waals surface area contributed by atoms with Crippen LogP contribution in [0.2, 0.25) is 0 Å². The second-order valence-electron chi connectivity index (χ2n) is 5.64. The molecule has 2 heterocycles. The van der Waals surface area contributed by atoms with Crippen molar-refractivity contribution in [2.75, 3.05) is 4.72 Å². The highest BCUT2D eigenvalue weighted by Gasteiger charge is 2.20. The third-order valence-electron chi connectivity index (χ3n) is 3.97. The maximum absolute atomic E-state index is 12.5. The molecule has 0 saturated carbocycles. The molecule has 0 aliphatic rings. The van der Waals surface area contributed by atoms with E-state index >= 15 is 0 Å². The smallest absolute Gasteiger partial charge is 0.265 e. The number of nitrogens with one attached hydrogen (secondary N) is 1. The SMILES string of the molecule is Cc1oc2ccc(NS(=O)(=O)c3cc(C(N)=O)n(C)c3)cc2c1C. The average molecular weight is 347 g/mol. The first-order valence-corrected chi connectivity index (χ1v) is 8.66. The number of hydrogen-bond donors (Lipinski definition) is 2. The van der Waals surface area contributed by atoms with Crippen LogP contribution in [-0.4, -0.2) is 18.9 Å². The summed E-state index contributed by atoms with van der Waals surface area (Å²) in [6.07, 6.45) is 1.34. The summed E-state index contributed by atoms with van der Waals surface area (Å²) >= 11 is 0. The molecule has 0 atom stereocenters. The Hall–Kier alpha value is -2.74. The van der Waals surface area contributed by atoms with Crippen molar-refractivity contribution in [2.24, 2.45) is 12.8 Å². The molecule has 0 radical (unpaired) electrons. The molecule has 0 fully saturated rings. The molecule has 2 aromatic heterocycles. The van der Waals surface area contributed by atoms with Crippen molar-refractivity contribution < 1.29 is 17.6 Å². The normalized spacial score (nSPS) is 11.8. The van der Waals surface area contributed by atoms with Crippen molar-refractivity contribution in [2.45, 2.75) is 18.7 Å². The lowest BCUT2D eigenvalue weighted by molar-refractivity contribution is 0.0992. The predicted molar refractivity (Wildman–Crippen MR) is 90.4 cm³/mol. The van der Waals surface area contributed by atoms with Gasteiger partial charge in [-0.15, -0.1) is 0 Å². The largest absolute Gasteiger partial charge is 0.461 e. The van der Waals surface area contributed by atoms with Crippen LogP contribution in [0, 0.1) is 13.8 Å². The number of carbonyl (C=O) groups is 1. The van der Waals surface area contributed by atoms with E-state index in [9.17, 15) is 13.2 Å². The molecule has 8 heteroatoms. The first-order valence-electron chi connectivity index (χ1n) is 7.18. The Morgan fingerprint density at radius 2 is 1.96 bits per heavy atom. The minimum absolute atomic E-state index is 0.0287. The van der Waals surface area contributed by atoms with Crippen LogP contribution in [0.25, 0.3) is 11.0 Å². The third-order valence-corrected chi connectivity index (χ3v) is 5.32. The maximum atomic E-state index is 12.5. The van der Waals surface area contributed by atoms with Crippen LogP contribution >= 0.6 is 0 Å². The van der Waals surface area contributed by atoms with Crippen LogP contribution in [0.15, 0.2) is 39.8 Å². The highest BCUT2D eigenvalue weighted by atomic mass is 32.2. The zero-order valence-electron chi connectivity index (χ0n) is 13.5. The van der Waals surface area contributed by atoms with Crippen LogP contribution in [0.5, 0.6) is 0 Å². The second-order valence-corrected chi connectivity index (χ2v) is 7.32. The number of rotatable bonds is 4. The molecular formula is C16H17N3O4S. The van der Waals surface area contributed by atoms with Gasteiger partial charge in [0.25, 0.3) is 15.9 Å². The molecule has 3 N–H and O–H groups in total. The molecule has 0 unspecified atom stereocenters. The molecular weight excluding hydrogens is 330 g/mol. The molecule has 0 aliphatic heterocycles. The molecule has 0 bridgehead atoms. The summed E-state index contributed by atoms with van der Waals surface area (Å²) in [5.74, 6) is 0.101. The number of anilines is 1. The predicted octanol–water partition coefficient (Wildman–Crippen LogP) is 2.29. The number of carbonyl (C=O) groups excluding carboxylic acids is 1. The van der Waals surface area contributed by atoms with E-state index < -0.39 is 15.9 Å². The molecule has 7 nitrogen and oxygen atoms in total. The summed E-state index contributed by atoms with van der Waals surface area (Å²) in [6, 6.07) is 6.31. The van der Waals surface area contributed by atoms with E-state index in [0.717, 1.165) is 16.7 Å². The van der Waals surface area contributed by atoms with Crippen molar-refractivity contribution in [3.05, 3.63) is 47.5 Å². The number of fused-ring (bicyclic) bond motifs is 1. The molecule has 0 aliphatic carbocycles. The Balaban J connectivity index is 1.99. The molecule has 0 saturated heterocycles. The van der Waals surface area contributed by atoms with Gasteiger partial charge in [0, 0.05) is 24.3 Å². The Morgan fingerprint density at radius 1 is 1.25 bits per heavy atom. The number of nitrogens with two attached hydrogens (primary N) is 1. The number of amides is 1. The van der Waals surface area contributed by atoms with Crippen molar-refractivity contribution in [3.8, 4) is 0 Å². The number of aromatic nitrogens is 1. The number of furan rings is 1. The van der Waals surface area contributed by atoms with Crippen molar-refractivity contribution >= 4 is 32.6 Å². The molecule has 3 aromatic rings. The van der Waals surface area contributed by atoms with Gasteiger partial charge in [0.1, 0.15) is 21.9 Å². The van der Waals surface area contributed by atoms with Gasteiger partial charge in [0.2, 0.25) is 0 Å². The molecule has 0 spiro atoms. The monoisotopic (exact) mass is 347 g/mol. The lowest BCUT2D eigenvalue weighted by Crippen LogP contribution is -2.14. The minimum atomic E-state index is -3.83. The fraction of sp³-hybridized carbons (Fsp3) is 0.188. The van der Waals surface area contributed by atoms with Crippen LogP contribution in [0.3, 0.4) is 0 Å². The number of hydrogen-bond acceptors (Lipinski definition) is 4. The number of benzene rings is 1. The van der Waals surface area contributed by atoms with Crippen molar-refractivity contribution in [3.63, 3.8) is 0 Å². The molecule has 126 valence electrons. The third kappa shape index (κ3) is 2.65. The summed E-state index contributed by atoms with van der Waals surface area (Å²) in [7, 11) is -2.27. The summed E-state index contributed by atoms with van der Waals surface area (Å²) in [5, 5.41) is 0.846. The highest BCUT2D eigenvalue weighted by Crippen LogP contribution is 2.28. The fourth-order valence-electron chi connectivity index (χ4n) is 2.55. The Morgan fingerprint density at radius 3 is 2.58 bits per heavy atom.